The standard InChI is InChI=1S/C21H26F3N5O2/c1-12-17(22)19(24)28-20(18(12)23)26-16-10-15(13-5-8-31-9-6-13)25-21(27-16)29-7-3-4-14(29)11-30-2/h10,13-14H,3-9,11H2,1-2H3,(H,25,26,27,28). The smallest absolute Gasteiger partial charge is 0.251 e. The summed E-state index contributed by atoms with van der Waals surface area (Å²) in [4.78, 5) is 14.8. The molecule has 168 valence electrons. The van der Waals surface area contributed by atoms with Gasteiger partial charge in [0, 0.05) is 44.4 Å². The number of hydrogen-bond acceptors (Lipinski definition) is 7. The van der Waals surface area contributed by atoms with Crippen LogP contribution in [0, 0.1) is 24.5 Å². The van der Waals surface area contributed by atoms with Gasteiger partial charge in [-0.15, -0.1) is 0 Å². The van der Waals surface area contributed by atoms with Crippen molar-refractivity contribution in [2.24, 2.45) is 0 Å². The third-order valence-corrected chi connectivity index (χ3v) is 5.87. The van der Waals surface area contributed by atoms with Crippen molar-refractivity contribution in [1.82, 2.24) is 15.0 Å². The average Bonchev–Trinajstić information content (AvgIpc) is 3.25. The van der Waals surface area contributed by atoms with E-state index in [9.17, 15) is 13.2 Å². The van der Waals surface area contributed by atoms with Gasteiger partial charge < -0.3 is 19.7 Å². The molecule has 7 nitrogen and oxygen atoms in total. The van der Waals surface area contributed by atoms with Gasteiger partial charge in [0.1, 0.15) is 5.82 Å². The molecule has 0 spiro atoms. The van der Waals surface area contributed by atoms with Crippen molar-refractivity contribution in [3.63, 3.8) is 0 Å². The summed E-state index contributed by atoms with van der Waals surface area (Å²) >= 11 is 0. The molecular weight excluding hydrogens is 411 g/mol. The second kappa shape index (κ2) is 9.35. The number of rotatable bonds is 6. The monoisotopic (exact) mass is 437 g/mol. The first-order chi connectivity index (χ1) is 15.0. The molecule has 10 heteroatoms. The Morgan fingerprint density at radius 2 is 1.90 bits per heavy atom. The Morgan fingerprint density at radius 3 is 2.65 bits per heavy atom. The topological polar surface area (TPSA) is 72.4 Å². The quantitative estimate of drug-likeness (QED) is 0.688. The van der Waals surface area contributed by atoms with Crippen molar-refractivity contribution < 1.29 is 22.6 Å². The highest BCUT2D eigenvalue weighted by molar-refractivity contribution is 5.56. The Bertz CT molecular complexity index is 940. The molecule has 2 fully saturated rings. The predicted molar refractivity (Wildman–Crippen MR) is 109 cm³/mol. The van der Waals surface area contributed by atoms with Crippen LogP contribution >= 0.6 is 0 Å². The highest BCUT2D eigenvalue weighted by Crippen LogP contribution is 2.32. The number of nitrogens with one attached hydrogen (secondary N) is 1. The normalized spacial score (nSPS) is 19.8. The van der Waals surface area contributed by atoms with Crippen LogP contribution in [0.3, 0.4) is 0 Å². The molecule has 4 rings (SSSR count). The molecule has 2 saturated heterocycles. The van der Waals surface area contributed by atoms with Gasteiger partial charge in [-0.1, -0.05) is 0 Å². The van der Waals surface area contributed by atoms with Gasteiger partial charge in [0.25, 0.3) is 5.95 Å². The van der Waals surface area contributed by atoms with Crippen LogP contribution in [0.25, 0.3) is 0 Å². The summed E-state index contributed by atoms with van der Waals surface area (Å²) in [7, 11) is 1.66. The van der Waals surface area contributed by atoms with Crippen LogP contribution in [-0.2, 0) is 9.47 Å². The Labute approximate surface area is 179 Å². The molecule has 0 radical (unpaired) electrons. The SMILES string of the molecule is COCC1CCCN1c1nc(Nc2nc(F)c(F)c(C)c2F)cc(C2CCOCC2)n1. The maximum absolute atomic E-state index is 14.5. The van der Waals surface area contributed by atoms with Crippen molar-refractivity contribution >= 4 is 17.6 Å². The minimum Gasteiger partial charge on any atom is -0.383 e. The number of hydrogen-bond donors (Lipinski definition) is 1. The summed E-state index contributed by atoms with van der Waals surface area (Å²) in [5, 5.41) is 2.74. The fraction of sp³-hybridized carbons (Fsp3) is 0.571. The number of anilines is 3. The fourth-order valence-corrected chi connectivity index (χ4v) is 4.14. The number of aromatic nitrogens is 3. The summed E-state index contributed by atoms with van der Waals surface area (Å²) < 4.78 is 52.8. The molecule has 0 aliphatic carbocycles. The number of methoxy groups -OCH3 is 1. The average molecular weight is 437 g/mol. The molecule has 31 heavy (non-hydrogen) atoms. The molecule has 4 heterocycles. The molecule has 2 aromatic rings. The molecule has 0 saturated carbocycles. The van der Waals surface area contributed by atoms with E-state index in [-0.39, 0.29) is 17.8 Å². The molecule has 0 bridgehead atoms. The number of nitrogens with zero attached hydrogens (tertiary/aromatic N) is 4. The molecule has 2 aromatic heterocycles. The fourth-order valence-electron chi connectivity index (χ4n) is 4.14. The highest BCUT2D eigenvalue weighted by atomic mass is 19.2. The summed E-state index contributed by atoms with van der Waals surface area (Å²) in [6.45, 7) is 3.77. The first-order valence-corrected chi connectivity index (χ1v) is 10.5. The first kappa shape index (κ1) is 21.8. The summed E-state index contributed by atoms with van der Waals surface area (Å²) in [6.07, 6.45) is 3.57. The zero-order valence-electron chi connectivity index (χ0n) is 17.6. The van der Waals surface area contributed by atoms with E-state index in [1.54, 1.807) is 13.2 Å². The van der Waals surface area contributed by atoms with Crippen LogP contribution in [0.4, 0.5) is 30.8 Å². The van der Waals surface area contributed by atoms with E-state index in [2.05, 4.69) is 20.2 Å². The van der Waals surface area contributed by atoms with Gasteiger partial charge in [-0.05, 0) is 32.6 Å². The van der Waals surface area contributed by atoms with Crippen molar-refractivity contribution in [3.8, 4) is 0 Å². The second-order valence-electron chi connectivity index (χ2n) is 7.94. The zero-order valence-corrected chi connectivity index (χ0v) is 17.6. The molecule has 2 aliphatic heterocycles. The third-order valence-electron chi connectivity index (χ3n) is 5.87. The maximum atomic E-state index is 14.5. The van der Waals surface area contributed by atoms with Gasteiger partial charge in [-0.25, -0.2) is 13.8 Å². The van der Waals surface area contributed by atoms with Gasteiger partial charge in [0.05, 0.1) is 18.3 Å². The van der Waals surface area contributed by atoms with Crippen LogP contribution < -0.4 is 10.2 Å². The minimum absolute atomic E-state index is 0.142. The van der Waals surface area contributed by atoms with Gasteiger partial charge in [-0.2, -0.15) is 14.4 Å². The third kappa shape index (κ3) is 4.59. The molecule has 0 aromatic carbocycles. The maximum Gasteiger partial charge on any atom is 0.251 e. The Balaban J connectivity index is 1.71. The van der Waals surface area contributed by atoms with Gasteiger partial charge in [0.2, 0.25) is 5.95 Å². The van der Waals surface area contributed by atoms with Crippen LogP contribution in [0.15, 0.2) is 6.07 Å². The van der Waals surface area contributed by atoms with Crippen molar-refractivity contribution in [3.05, 3.63) is 34.9 Å². The van der Waals surface area contributed by atoms with Gasteiger partial charge in [-0.3, -0.25) is 0 Å². The molecule has 0 amide bonds. The van der Waals surface area contributed by atoms with E-state index in [1.807, 2.05) is 0 Å². The molecule has 1 unspecified atom stereocenters. The Morgan fingerprint density at radius 1 is 1.13 bits per heavy atom. The van der Waals surface area contributed by atoms with E-state index in [4.69, 9.17) is 14.5 Å². The lowest BCUT2D eigenvalue weighted by Gasteiger charge is -2.27. The lowest BCUT2D eigenvalue weighted by Crippen LogP contribution is -2.34. The number of ether oxygens (including phenoxy) is 2. The summed E-state index contributed by atoms with van der Waals surface area (Å²) in [5.74, 6) is -3.06. The van der Waals surface area contributed by atoms with Crippen molar-refractivity contribution in [1.29, 1.82) is 0 Å². The summed E-state index contributed by atoms with van der Waals surface area (Å²) in [6, 6.07) is 1.86. The number of halogens is 3. The molecule has 1 N–H and O–H groups in total. The van der Waals surface area contributed by atoms with Crippen LogP contribution in [0.2, 0.25) is 0 Å². The predicted octanol–water partition coefficient (Wildman–Crippen LogP) is 3.85. The lowest BCUT2D eigenvalue weighted by molar-refractivity contribution is 0.0845. The highest BCUT2D eigenvalue weighted by Gasteiger charge is 2.29. The second-order valence-corrected chi connectivity index (χ2v) is 7.94. The van der Waals surface area contributed by atoms with E-state index in [0.717, 1.165) is 37.9 Å². The zero-order chi connectivity index (χ0) is 22.0. The van der Waals surface area contributed by atoms with Crippen molar-refractivity contribution in [2.45, 2.75) is 44.6 Å². The van der Waals surface area contributed by atoms with E-state index >= 15 is 0 Å². The van der Waals surface area contributed by atoms with Crippen LogP contribution in [0.5, 0.6) is 0 Å². The van der Waals surface area contributed by atoms with Crippen molar-refractivity contribution in [2.75, 3.05) is 43.7 Å². The summed E-state index contributed by atoms with van der Waals surface area (Å²) in [5.41, 5.74) is 0.368. The Kier molecular flexibility index (Phi) is 6.57. The first-order valence-electron chi connectivity index (χ1n) is 10.5. The van der Waals surface area contributed by atoms with Crippen LogP contribution in [0.1, 0.15) is 42.9 Å². The van der Waals surface area contributed by atoms with Crippen LogP contribution in [-0.4, -0.2) is 54.5 Å². The van der Waals surface area contributed by atoms with Gasteiger partial charge in [0.15, 0.2) is 17.5 Å². The van der Waals surface area contributed by atoms with E-state index < -0.39 is 29.0 Å². The number of pyridine rings is 1. The minimum atomic E-state index is -1.36. The molecule has 1 atom stereocenters. The van der Waals surface area contributed by atoms with E-state index in [1.165, 1.54) is 6.92 Å². The largest absolute Gasteiger partial charge is 0.383 e. The molecular formula is C21H26F3N5O2. The van der Waals surface area contributed by atoms with Gasteiger partial charge >= 0.3 is 0 Å². The Hall–Kier alpha value is -2.46. The van der Waals surface area contributed by atoms with E-state index in [0.29, 0.717) is 25.8 Å². The molecule has 2 aliphatic rings. The lowest BCUT2D eigenvalue weighted by atomic mass is 9.96.